The van der Waals surface area contributed by atoms with Crippen LogP contribution in [0.2, 0.25) is 0 Å². The number of nitrogens with zero attached hydrogens (tertiary/aromatic N) is 2. The van der Waals surface area contributed by atoms with Gasteiger partial charge in [-0.25, -0.2) is 0 Å². The van der Waals surface area contributed by atoms with E-state index in [4.69, 9.17) is 4.74 Å². The maximum absolute atomic E-state index is 5.69. The largest absolute Gasteiger partial charge is 0.381 e. The van der Waals surface area contributed by atoms with Gasteiger partial charge in [0.1, 0.15) is 0 Å². The zero-order valence-electron chi connectivity index (χ0n) is 12.8. The second kappa shape index (κ2) is 5.34. The molecule has 3 fully saturated rings. The molecular formula is C16H30N2O. The minimum absolute atomic E-state index is 0.535. The van der Waals surface area contributed by atoms with Gasteiger partial charge in [-0.1, -0.05) is 0 Å². The highest BCUT2D eigenvalue weighted by molar-refractivity contribution is 5.00. The van der Waals surface area contributed by atoms with E-state index in [0.29, 0.717) is 10.8 Å². The Kier molecular flexibility index (Phi) is 3.89. The quantitative estimate of drug-likeness (QED) is 0.759. The number of rotatable bonds is 5. The molecule has 2 saturated heterocycles. The Morgan fingerprint density at radius 3 is 2.32 bits per heavy atom. The van der Waals surface area contributed by atoms with Crippen LogP contribution in [-0.4, -0.2) is 62.8 Å². The van der Waals surface area contributed by atoms with Gasteiger partial charge in [0, 0.05) is 25.1 Å². The summed E-state index contributed by atoms with van der Waals surface area (Å²) in [5.41, 5.74) is 1.20. The normalized spacial score (nSPS) is 30.0. The Morgan fingerprint density at radius 2 is 1.68 bits per heavy atom. The molecule has 110 valence electrons. The van der Waals surface area contributed by atoms with Crippen molar-refractivity contribution in [1.82, 2.24) is 9.80 Å². The average Bonchev–Trinajstić information content (AvgIpc) is 3.07. The Hall–Kier alpha value is -0.120. The smallest absolute Gasteiger partial charge is 0.0534 e. The lowest BCUT2D eigenvalue weighted by Crippen LogP contribution is -2.40. The van der Waals surface area contributed by atoms with Crippen LogP contribution in [0.15, 0.2) is 0 Å². The van der Waals surface area contributed by atoms with Crippen LogP contribution < -0.4 is 0 Å². The molecule has 2 aliphatic heterocycles. The zero-order valence-corrected chi connectivity index (χ0v) is 12.8. The van der Waals surface area contributed by atoms with E-state index in [1.165, 1.54) is 64.8 Å². The van der Waals surface area contributed by atoms with E-state index in [1.807, 2.05) is 0 Å². The average molecular weight is 266 g/mol. The van der Waals surface area contributed by atoms with Gasteiger partial charge in [0.2, 0.25) is 0 Å². The SMILES string of the molecule is CCOCC1(CN2CCC3(CCN(C)CC3)C2)CC1. The van der Waals surface area contributed by atoms with Crippen molar-refractivity contribution in [2.75, 3.05) is 53.0 Å². The van der Waals surface area contributed by atoms with Crippen molar-refractivity contribution in [1.29, 1.82) is 0 Å². The second-order valence-corrected chi connectivity index (χ2v) is 7.40. The Labute approximate surface area is 118 Å². The predicted octanol–water partition coefficient (Wildman–Crippen LogP) is 2.22. The minimum atomic E-state index is 0.535. The summed E-state index contributed by atoms with van der Waals surface area (Å²) < 4.78 is 5.69. The highest BCUT2D eigenvalue weighted by Gasteiger charge is 2.47. The zero-order chi connectivity index (χ0) is 13.3. The highest BCUT2D eigenvalue weighted by Crippen LogP contribution is 2.49. The summed E-state index contributed by atoms with van der Waals surface area (Å²) in [7, 11) is 2.26. The molecule has 1 aliphatic carbocycles. The second-order valence-electron chi connectivity index (χ2n) is 7.40. The van der Waals surface area contributed by atoms with Gasteiger partial charge in [-0.15, -0.1) is 0 Å². The third kappa shape index (κ3) is 3.14. The molecule has 0 aromatic carbocycles. The molecule has 3 heteroatoms. The summed E-state index contributed by atoms with van der Waals surface area (Å²) in [6, 6.07) is 0. The first-order valence-electron chi connectivity index (χ1n) is 8.14. The maximum Gasteiger partial charge on any atom is 0.0534 e. The molecule has 1 spiro atoms. The van der Waals surface area contributed by atoms with Crippen molar-refractivity contribution in [2.24, 2.45) is 10.8 Å². The van der Waals surface area contributed by atoms with Crippen molar-refractivity contribution < 1.29 is 4.74 Å². The summed E-state index contributed by atoms with van der Waals surface area (Å²) in [6.07, 6.45) is 7.04. The van der Waals surface area contributed by atoms with Crippen LogP contribution in [0.3, 0.4) is 0 Å². The summed E-state index contributed by atoms with van der Waals surface area (Å²) in [6.45, 7) is 10.6. The maximum atomic E-state index is 5.69. The molecule has 1 saturated carbocycles. The Morgan fingerprint density at radius 1 is 1.00 bits per heavy atom. The summed E-state index contributed by atoms with van der Waals surface area (Å²) >= 11 is 0. The lowest BCUT2D eigenvalue weighted by atomic mass is 9.78. The standard InChI is InChI=1S/C16H30N2O/c1-3-19-14-16(4-5-16)13-18-11-8-15(12-18)6-9-17(2)10-7-15/h3-14H2,1-2H3. The summed E-state index contributed by atoms with van der Waals surface area (Å²) in [4.78, 5) is 5.24. The molecular weight excluding hydrogens is 236 g/mol. The number of ether oxygens (including phenoxy) is 1. The van der Waals surface area contributed by atoms with Crippen LogP contribution in [0, 0.1) is 10.8 Å². The molecule has 2 heterocycles. The van der Waals surface area contributed by atoms with Crippen LogP contribution >= 0.6 is 0 Å². The van der Waals surface area contributed by atoms with Gasteiger partial charge in [-0.05, 0) is 71.1 Å². The molecule has 0 aromatic rings. The molecule has 3 rings (SSSR count). The molecule has 0 bridgehead atoms. The van der Waals surface area contributed by atoms with E-state index in [0.717, 1.165) is 13.2 Å². The van der Waals surface area contributed by atoms with E-state index in [-0.39, 0.29) is 0 Å². The Balaban J connectivity index is 1.49. The topological polar surface area (TPSA) is 15.7 Å². The molecule has 0 atom stereocenters. The van der Waals surface area contributed by atoms with Crippen molar-refractivity contribution in [3.8, 4) is 0 Å². The number of hydrogen-bond donors (Lipinski definition) is 0. The van der Waals surface area contributed by atoms with E-state index < -0.39 is 0 Å². The minimum Gasteiger partial charge on any atom is -0.381 e. The molecule has 3 aliphatic rings. The van der Waals surface area contributed by atoms with Gasteiger partial charge in [0.05, 0.1) is 6.61 Å². The fraction of sp³-hybridized carbons (Fsp3) is 1.00. The van der Waals surface area contributed by atoms with Crippen LogP contribution in [0.4, 0.5) is 0 Å². The van der Waals surface area contributed by atoms with Crippen LogP contribution in [0.25, 0.3) is 0 Å². The molecule has 0 amide bonds. The first kappa shape index (κ1) is 13.8. The number of piperidine rings is 1. The number of likely N-dealkylation sites (tertiary alicyclic amines) is 2. The molecule has 0 aromatic heterocycles. The number of hydrogen-bond acceptors (Lipinski definition) is 3. The lowest BCUT2D eigenvalue weighted by molar-refractivity contribution is 0.0753. The van der Waals surface area contributed by atoms with E-state index in [1.54, 1.807) is 0 Å². The fourth-order valence-electron chi connectivity index (χ4n) is 3.98. The predicted molar refractivity (Wildman–Crippen MR) is 78.4 cm³/mol. The highest BCUT2D eigenvalue weighted by atomic mass is 16.5. The molecule has 3 nitrogen and oxygen atoms in total. The van der Waals surface area contributed by atoms with E-state index in [2.05, 4.69) is 23.8 Å². The van der Waals surface area contributed by atoms with Gasteiger partial charge in [0.15, 0.2) is 0 Å². The first-order chi connectivity index (χ1) is 9.15. The first-order valence-corrected chi connectivity index (χ1v) is 8.14. The van der Waals surface area contributed by atoms with Crippen molar-refractivity contribution >= 4 is 0 Å². The van der Waals surface area contributed by atoms with Gasteiger partial charge in [-0.3, -0.25) is 0 Å². The van der Waals surface area contributed by atoms with Gasteiger partial charge >= 0.3 is 0 Å². The molecule has 19 heavy (non-hydrogen) atoms. The molecule has 0 N–H and O–H groups in total. The third-order valence-corrected chi connectivity index (χ3v) is 5.69. The summed E-state index contributed by atoms with van der Waals surface area (Å²) in [5.74, 6) is 0. The third-order valence-electron chi connectivity index (χ3n) is 5.69. The molecule has 0 unspecified atom stereocenters. The Bertz CT molecular complexity index is 306. The van der Waals surface area contributed by atoms with Gasteiger partial charge in [-0.2, -0.15) is 0 Å². The van der Waals surface area contributed by atoms with Crippen molar-refractivity contribution in [3.63, 3.8) is 0 Å². The van der Waals surface area contributed by atoms with E-state index >= 15 is 0 Å². The van der Waals surface area contributed by atoms with E-state index in [9.17, 15) is 0 Å². The fourth-order valence-corrected chi connectivity index (χ4v) is 3.98. The van der Waals surface area contributed by atoms with Crippen LogP contribution in [0.1, 0.15) is 39.0 Å². The monoisotopic (exact) mass is 266 g/mol. The van der Waals surface area contributed by atoms with Gasteiger partial charge < -0.3 is 14.5 Å². The van der Waals surface area contributed by atoms with Crippen LogP contribution in [-0.2, 0) is 4.74 Å². The molecule has 0 radical (unpaired) electrons. The van der Waals surface area contributed by atoms with Crippen molar-refractivity contribution in [3.05, 3.63) is 0 Å². The lowest BCUT2D eigenvalue weighted by Gasteiger charge is -2.38. The van der Waals surface area contributed by atoms with Crippen molar-refractivity contribution in [2.45, 2.75) is 39.0 Å². The van der Waals surface area contributed by atoms with Gasteiger partial charge in [0.25, 0.3) is 0 Å². The summed E-state index contributed by atoms with van der Waals surface area (Å²) in [5, 5.41) is 0. The van der Waals surface area contributed by atoms with Crippen LogP contribution in [0.5, 0.6) is 0 Å².